The molecule has 1 saturated heterocycles. The van der Waals surface area contributed by atoms with E-state index in [2.05, 4.69) is 36.3 Å². The van der Waals surface area contributed by atoms with E-state index in [0.717, 1.165) is 52.2 Å². The van der Waals surface area contributed by atoms with Crippen molar-refractivity contribution in [2.24, 2.45) is 0 Å². The van der Waals surface area contributed by atoms with Crippen LogP contribution in [0.2, 0.25) is 0 Å². The predicted molar refractivity (Wildman–Crippen MR) is 74.7 cm³/mol. The highest BCUT2D eigenvalue weighted by Crippen LogP contribution is 2.01. The Bertz CT molecular complexity index is 237. The Kier molecular flexibility index (Phi) is 7.23. The van der Waals surface area contributed by atoms with Crippen LogP contribution >= 0.6 is 0 Å². The lowest BCUT2D eigenvalue weighted by Gasteiger charge is -2.32. The van der Waals surface area contributed by atoms with Crippen molar-refractivity contribution in [3.05, 3.63) is 0 Å². The minimum absolute atomic E-state index is 0.295. The van der Waals surface area contributed by atoms with Crippen LogP contribution in [-0.2, 0) is 4.79 Å². The van der Waals surface area contributed by atoms with Crippen LogP contribution in [0, 0.1) is 0 Å². The Morgan fingerprint density at radius 3 is 2.44 bits per heavy atom. The third-order valence-corrected chi connectivity index (χ3v) is 3.33. The SMILES string of the molecule is CN(C)CCCNCCC(=O)N1CCN(C)CC1. The summed E-state index contributed by atoms with van der Waals surface area (Å²) in [4.78, 5) is 18.3. The molecule has 1 amide bonds. The molecule has 5 nitrogen and oxygen atoms in total. The zero-order valence-corrected chi connectivity index (χ0v) is 12.1. The van der Waals surface area contributed by atoms with Gasteiger partial charge in [0.1, 0.15) is 0 Å². The molecule has 1 fully saturated rings. The molecule has 106 valence electrons. The number of carbonyl (C=O) groups excluding carboxylic acids is 1. The lowest BCUT2D eigenvalue weighted by atomic mass is 10.3. The first-order valence-electron chi connectivity index (χ1n) is 6.91. The number of carbonyl (C=O) groups is 1. The van der Waals surface area contributed by atoms with Gasteiger partial charge in [0.2, 0.25) is 5.91 Å². The zero-order valence-electron chi connectivity index (χ0n) is 12.1. The number of nitrogens with one attached hydrogen (secondary N) is 1. The van der Waals surface area contributed by atoms with Crippen LogP contribution in [0.25, 0.3) is 0 Å². The van der Waals surface area contributed by atoms with Gasteiger partial charge in [0, 0.05) is 39.1 Å². The molecule has 1 heterocycles. The van der Waals surface area contributed by atoms with Gasteiger partial charge in [-0.25, -0.2) is 0 Å². The second kappa shape index (κ2) is 8.45. The molecule has 0 aromatic heterocycles. The van der Waals surface area contributed by atoms with Gasteiger partial charge in [-0.1, -0.05) is 0 Å². The van der Waals surface area contributed by atoms with Crippen LogP contribution in [0.1, 0.15) is 12.8 Å². The second-order valence-electron chi connectivity index (χ2n) is 5.34. The summed E-state index contributed by atoms with van der Waals surface area (Å²) in [6.07, 6.45) is 1.77. The molecule has 0 spiro atoms. The lowest BCUT2D eigenvalue weighted by Crippen LogP contribution is -2.47. The van der Waals surface area contributed by atoms with Gasteiger partial charge in [0.05, 0.1) is 0 Å². The van der Waals surface area contributed by atoms with E-state index in [1.807, 2.05) is 4.90 Å². The van der Waals surface area contributed by atoms with Gasteiger partial charge in [-0.2, -0.15) is 0 Å². The lowest BCUT2D eigenvalue weighted by molar-refractivity contribution is -0.132. The second-order valence-corrected chi connectivity index (χ2v) is 5.34. The molecule has 0 aromatic rings. The third kappa shape index (κ3) is 6.33. The van der Waals surface area contributed by atoms with Crippen LogP contribution in [0.5, 0.6) is 0 Å². The van der Waals surface area contributed by atoms with Gasteiger partial charge in [-0.15, -0.1) is 0 Å². The molecule has 0 radical (unpaired) electrons. The summed E-state index contributed by atoms with van der Waals surface area (Å²) < 4.78 is 0. The number of hydrogen-bond donors (Lipinski definition) is 1. The highest BCUT2D eigenvalue weighted by molar-refractivity contribution is 5.76. The fraction of sp³-hybridized carbons (Fsp3) is 0.923. The summed E-state index contributed by atoms with van der Waals surface area (Å²) in [7, 11) is 6.27. The summed E-state index contributed by atoms with van der Waals surface area (Å²) in [5, 5.41) is 3.33. The van der Waals surface area contributed by atoms with E-state index in [-0.39, 0.29) is 0 Å². The minimum Gasteiger partial charge on any atom is -0.340 e. The first-order valence-corrected chi connectivity index (χ1v) is 6.91. The maximum atomic E-state index is 11.9. The number of rotatable bonds is 7. The van der Waals surface area contributed by atoms with Gasteiger partial charge in [0.25, 0.3) is 0 Å². The number of piperazine rings is 1. The van der Waals surface area contributed by atoms with Crippen LogP contribution in [0.4, 0.5) is 0 Å². The Morgan fingerprint density at radius 1 is 1.17 bits per heavy atom. The maximum Gasteiger partial charge on any atom is 0.223 e. The first-order chi connectivity index (χ1) is 8.59. The summed E-state index contributed by atoms with van der Waals surface area (Å²) in [5.74, 6) is 0.295. The number of likely N-dealkylation sites (N-methyl/N-ethyl adjacent to an activating group) is 1. The van der Waals surface area contributed by atoms with Crippen molar-refractivity contribution in [2.75, 3.05) is 67.0 Å². The molecule has 18 heavy (non-hydrogen) atoms. The largest absolute Gasteiger partial charge is 0.340 e. The van der Waals surface area contributed by atoms with Gasteiger partial charge in [-0.3, -0.25) is 4.79 Å². The monoisotopic (exact) mass is 256 g/mol. The van der Waals surface area contributed by atoms with Gasteiger partial charge >= 0.3 is 0 Å². The molecule has 0 unspecified atom stereocenters. The molecule has 0 saturated carbocycles. The van der Waals surface area contributed by atoms with Crippen molar-refractivity contribution >= 4 is 5.91 Å². The average molecular weight is 256 g/mol. The molecule has 0 aromatic carbocycles. The smallest absolute Gasteiger partial charge is 0.223 e. The molecule has 1 rings (SSSR count). The molecule has 0 atom stereocenters. The summed E-state index contributed by atoms with van der Waals surface area (Å²) in [5.41, 5.74) is 0. The summed E-state index contributed by atoms with van der Waals surface area (Å²) in [6, 6.07) is 0. The van der Waals surface area contributed by atoms with Crippen LogP contribution < -0.4 is 5.32 Å². The van der Waals surface area contributed by atoms with Gasteiger partial charge in [-0.05, 0) is 40.7 Å². The quantitative estimate of drug-likeness (QED) is 0.634. The molecule has 0 aliphatic carbocycles. The van der Waals surface area contributed by atoms with Crippen LogP contribution in [0.3, 0.4) is 0 Å². The predicted octanol–water partition coefficient (Wildman–Crippen LogP) is -0.308. The molecular formula is C13H28N4O. The van der Waals surface area contributed by atoms with Gasteiger partial charge < -0.3 is 20.0 Å². The van der Waals surface area contributed by atoms with E-state index in [1.54, 1.807) is 0 Å². The van der Waals surface area contributed by atoms with Crippen molar-refractivity contribution in [3.8, 4) is 0 Å². The van der Waals surface area contributed by atoms with Crippen LogP contribution in [-0.4, -0.2) is 87.6 Å². The zero-order chi connectivity index (χ0) is 13.4. The Morgan fingerprint density at radius 2 is 1.83 bits per heavy atom. The Hall–Kier alpha value is -0.650. The van der Waals surface area contributed by atoms with Crippen molar-refractivity contribution in [3.63, 3.8) is 0 Å². The van der Waals surface area contributed by atoms with E-state index in [1.165, 1.54) is 0 Å². The highest BCUT2D eigenvalue weighted by Gasteiger charge is 2.17. The molecule has 1 aliphatic heterocycles. The average Bonchev–Trinajstić information content (AvgIpc) is 2.34. The Labute approximate surface area is 111 Å². The van der Waals surface area contributed by atoms with Crippen molar-refractivity contribution in [1.82, 2.24) is 20.0 Å². The normalized spacial score (nSPS) is 17.4. The summed E-state index contributed by atoms with van der Waals surface area (Å²) >= 11 is 0. The number of hydrogen-bond acceptors (Lipinski definition) is 4. The van der Waals surface area contributed by atoms with E-state index in [9.17, 15) is 4.79 Å². The molecule has 0 bridgehead atoms. The van der Waals surface area contributed by atoms with Gasteiger partial charge in [0.15, 0.2) is 0 Å². The molecule has 5 heteroatoms. The van der Waals surface area contributed by atoms with Crippen LogP contribution in [0.15, 0.2) is 0 Å². The topological polar surface area (TPSA) is 38.8 Å². The fourth-order valence-corrected chi connectivity index (χ4v) is 2.05. The maximum absolute atomic E-state index is 11.9. The standard InChI is InChI=1S/C13H28N4O/c1-15(2)8-4-6-14-7-5-13(18)17-11-9-16(3)10-12-17/h14H,4-12H2,1-3H3. The highest BCUT2D eigenvalue weighted by atomic mass is 16.2. The fourth-order valence-electron chi connectivity index (χ4n) is 2.05. The van der Waals surface area contributed by atoms with E-state index in [0.29, 0.717) is 12.3 Å². The molecule has 1 aliphatic rings. The third-order valence-electron chi connectivity index (χ3n) is 3.33. The number of nitrogens with zero attached hydrogens (tertiary/aromatic N) is 3. The molecule has 1 N–H and O–H groups in total. The summed E-state index contributed by atoms with van der Waals surface area (Å²) in [6.45, 7) is 6.67. The minimum atomic E-state index is 0.295. The Balaban J connectivity index is 2.00. The molecular weight excluding hydrogens is 228 g/mol. The van der Waals surface area contributed by atoms with Crippen molar-refractivity contribution in [2.45, 2.75) is 12.8 Å². The van der Waals surface area contributed by atoms with Crippen molar-refractivity contribution < 1.29 is 4.79 Å². The van der Waals surface area contributed by atoms with Crippen molar-refractivity contribution in [1.29, 1.82) is 0 Å². The van der Waals surface area contributed by atoms with E-state index < -0.39 is 0 Å². The number of amides is 1. The first kappa shape index (κ1) is 15.4. The van der Waals surface area contributed by atoms with E-state index in [4.69, 9.17) is 0 Å². The van der Waals surface area contributed by atoms with E-state index >= 15 is 0 Å².